The van der Waals surface area contributed by atoms with Gasteiger partial charge in [0.1, 0.15) is 5.75 Å². The summed E-state index contributed by atoms with van der Waals surface area (Å²) in [6, 6.07) is 5.94. The van der Waals surface area contributed by atoms with Crippen molar-refractivity contribution in [1.29, 1.82) is 0 Å². The van der Waals surface area contributed by atoms with Gasteiger partial charge >= 0.3 is 0 Å². The SMILES string of the molecule is CCCOc1cccc(NCCN2CCCCC2)c1N. The zero-order chi connectivity index (χ0) is 14.2. The minimum atomic E-state index is 0.710. The summed E-state index contributed by atoms with van der Waals surface area (Å²) in [5.74, 6) is 0.787. The second-order valence-electron chi connectivity index (χ2n) is 5.39. The maximum absolute atomic E-state index is 6.14. The first-order chi connectivity index (χ1) is 9.81. The van der Waals surface area contributed by atoms with Crippen molar-refractivity contribution >= 4 is 11.4 Å². The molecule has 20 heavy (non-hydrogen) atoms. The molecule has 1 heterocycles. The van der Waals surface area contributed by atoms with E-state index in [1.807, 2.05) is 18.2 Å². The number of nitrogen functional groups attached to an aromatic ring is 1. The Labute approximate surface area is 122 Å². The molecule has 0 radical (unpaired) electrons. The van der Waals surface area contributed by atoms with E-state index in [1.54, 1.807) is 0 Å². The van der Waals surface area contributed by atoms with Gasteiger partial charge in [0.2, 0.25) is 0 Å². The quantitative estimate of drug-likeness (QED) is 0.752. The van der Waals surface area contributed by atoms with E-state index >= 15 is 0 Å². The van der Waals surface area contributed by atoms with Gasteiger partial charge in [-0.15, -0.1) is 0 Å². The van der Waals surface area contributed by atoms with Crippen LogP contribution < -0.4 is 15.8 Å². The molecule has 1 aromatic carbocycles. The molecule has 1 aliphatic heterocycles. The average molecular weight is 277 g/mol. The minimum Gasteiger partial charge on any atom is -0.491 e. The second kappa shape index (κ2) is 8.00. The number of hydrogen-bond donors (Lipinski definition) is 2. The van der Waals surface area contributed by atoms with Crippen molar-refractivity contribution in [2.75, 3.05) is 43.8 Å². The van der Waals surface area contributed by atoms with Crippen LogP contribution in [0.5, 0.6) is 5.75 Å². The molecule has 0 amide bonds. The number of para-hydroxylation sites is 1. The molecule has 3 N–H and O–H groups in total. The van der Waals surface area contributed by atoms with Gasteiger partial charge in [-0.05, 0) is 44.5 Å². The first-order valence-corrected chi connectivity index (χ1v) is 7.78. The summed E-state index contributed by atoms with van der Waals surface area (Å²) in [5.41, 5.74) is 7.85. The molecular weight excluding hydrogens is 250 g/mol. The Morgan fingerprint density at radius 3 is 2.80 bits per heavy atom. The summed E-state index contributed by atoms with van der Waals surface area (Å²) >= 11 is 0. The summed E-state index contributed by atoms with van der Waals surface area (Å²) in [6.45, 7) is 7.28. The minimum absolute atomic E-state index is 0.710. The Morgan fingerprint density at radius 2 is 2.05 bits per heavy atom. The number of hydrogen-bond acceptors (Lipinski definition) is 4. The molecule has 0 unspecified atom stereocenters. The molecule has 112 valence electrons. The van der Waals surface area contributed by atoms with E-state index in [2.05, 4.69) is 17.1 Å². The van der Waals surface area contributed by atoms with Crippen LogP contribution in [0.15, 0.2) is 18.2 Å². The Bertz CT molecular complexity index is 403. The van der Waals surface area contributed by atoms with Gasteiger partial charge in [0.25, 0.3) is 0 Å². The Hall–Kier alpha value is -1.42. The standard InChI is InChI=1S/C16H27N3O/c1-2-13-20-15-8-6-7-14(16(15)17)18-9-12-19-10-4-3-5-11-19/h6-8,18H,2-5,9-13,17H2,1H3. The van der Waals surface area contributed by atoms with Gasteiger partial charge in [0.05, 0.1) is 18.0 Å². The topological polar surface area (TPSA) is 50.5 Å². The number of anilines is 2. The molecule has 4 nitrogen and oxygen atoms in total. The lowest BCUT2D eigenvalue weighted by atomic mass is 10.1. The molecule has 1 fully saturated rings. The van der Waals surface area contributed by atoms with E-state index in [9.17, 15) is 0 Å². The van der Waals surface area contributed by atoms with Crippen molar-refractivity contribution in [1.82, 2.24) is 4.90 Å². The smallest absolute Gasteiger partial charge is 0.144 e. The Kier molecular flexibility index (Phi) is 5.99. The highest BCUT2D eigenvalue weighted by molar-refractivity contribution is 5.72. The van der Waals surface area contributed by atoms with E-state index < -0.39 is 0 Å². The van der Waals surface area contributed by atoms with E-state index in [-0.39, 0.29) is 0 Å². The largest absolute Gasteiger partial charge is 0.491 e. The lowest BCUT2D eigenvalue weighted by Gasteiger charge is -2.26. The Balaban J connectivity index is 1.82. The fraction of sp³-hybridized carbons (Fsp3) is 0.625. The van der Waals surface area contributed by atoms with Gasteiger partial charge in [0.15, 0.2) is 0 Å². The molecule has 2 rings (SSSR count). The fourth-order valence-corrected chi connectivity index (χ4v) is 2.57. The molecule has 0 atom stereocenters. The molecule has 0 saturated carbocycles. The second-order valence-corrected chi connectivity index (χ2v) is 5.39. The molecule has 0 aliphatic carbocycles. The average Bonchev–Trinajstić information content (AvgIpc) is 2.49. The highest BCUT2D eigenvalue weighted by atomic mass is 16.5. The van der Waals surface area contributed by atoms with Crippen molar-refractivity contribution in [2.45, 2.75) is 32.6 Å². The summed E-state index contributed by atoms with van der Waals surface area (Å²) in [5, 5.41) is 3.43. The molecule has 4 heteroatoms. The first kappa shape index (κ1) is 15.0. The molecular formula is C16H27N3O. The van der Waals surface area contributed by atoms with Crippen molar-refractivity contribution in [2.24, 2.45) is 0 Å². The number of piperidine rings is 1. The third-order valence-corrected chi connectivity index (χ3v) is 3.72. The molecule has 0 bridgehead atoms. The van der Waals surface area contributed by atoms with Crippen LogP contribution in [0.25, 0.3) is 0 Å². The van der Waals surface area contributed by atoms with Gasteiger partial charge < -0.3 is 20.7 Å². The molecule has 1 aromatic rings. The number of nitrogens with two attached hydrogens (primary N) is 1. The highest BCUT2D eigenvalue weighted by Crippen LogP contribution is 2.29. The number of ether oxygens (including phenoxy) is 1. The number of rotatable bonds is 7. The van der Waals surface area contributed by atoms with E-state index in [0.717, 1.165) is 36.6 Å². The maximum atomic E-state index is 6.14. The predicted molar refractivity (Wildman–Crippen MR) is 85.4 cm³/mol. The van der Waals surface area contributed by atoms with Crippen molar-refractivity contribution in [3.63, 3.8) is 0 Å². The van der Waals surface area contributed by atoms with Gasteiger partial charge in [-0.3, -0.25) is 0 Å². The van der Waals surface area contributed by atoms with Crippen LogP contribution in [0.1, 0.15) is 32.6 Å². The van der Waals surface area contributed by atoms with Crippen LogP contribution in [0.4, 0.5) is 11.4 Å². The normalized spacial score (nSPS) is 16.1. The van der Waals surface area contributed by atoms with Gasteiger partial charge in [-0.1, -0.05) is 19.4 Å². The van der Waals surface area contributed by atoms with Crippen LogP contribution in [0.3, 0.4) is 0 Å². The third kappa shape index (κ3) is 4.30. The predicted octanol–water partition coefficient (Wildman–Crippen LogP) is 2.96. The summed E-state index contributed by atoms with van der Waals surface area (Å²) < 4.78 is 5.65. The molecule has 1 saturated heterocycles. The van der Waals surface area contributed by atoms with E-state index in [4.69, 9.17) is 10.5 Å². The van der Waals surface area contributed by atoms with Crippen molar-refractivity contribution in [3.8, 4) is 5.75 Å². The van der Waals surface area contributed by atoms with Crippen molar-refractivity contribution < 1.29 is 4.74 Å². The zero-order valence-corrected chi connectivity index (χ0v) is 12.5. The summed E-state index contributed by atoms with van der Waals surface area (Å²) in [6.07, 6.45) is 5.05. The van der Waals surface area contributed by atoms with Crippen LogP contribution in [-0.2, 0) is 0 Å². The van der Waals surface area contributed by atoms with E-state index in [0.29, 0.717) is 6.61 Å². The fourth-order valence-electron chi connectivity index (χ4n) is 2.57. The van der Waals surface area contributed by atoms with Crippen molar-refractivity contribution in [3.05, 3.63) is 18.2 Å². The van der Waals surface area contributed by atoms with E-state index in [1.165, 1.54) is 32.4 Å². The van der Waals surface area contributed by atoms with Crippen LogP contribution >= 0.6 is 0 Å². The number of nitrogens with one attached hydrogen (secondary N) is 1. The Morgan fingerprint density at radius 1 is 1.25 bits per heavy atom. The lowest BCUT2D eigenvalue weighted by Crippen LogP contribution is -2.33. The number of likely N-dealkylation sites (tertiary alicyclic amines) is 1. The summed E-state index contributed by atoms with van der Waals surface area (Å²) in [4.78, 5) is 2.52. The molecule has 0 spiro atoms. The van der Waals surface area contributed by atoms with Crippen LogP contribution in [0.2, 0.25) is 0 Å². The van der Waals surface area contributed by atoms with Gasteiger partial charge in [0, 0.05) is 13.1 Å². The third-order valence-electron chi connectivity index (χ3n) is 3.72. The maximum Gasteiger partial charge on any atom is 0.144 e. The van der Waals surface area contributed by atoms with Gasteiger partial charge in [-0.25, -0.2) is 0 Å². The van der Waals surface area contributed by atoms with Crippen LogP contribution in [0, 0.1) is 0 Å². The first-order valence-electron chi connectivity index (χ1n) is 7.78. The number of nitrogens with zero attached hydrogens (tertiary/aromatic N) is 1. The van der Waals surface area contributed by atoms with Crippen LogP contribution in [-0.4, -0.2) is 37.7 Å². The zero-order valence-electron chi connectivity index (χ0n) is 12.5. The monoisotopic (exact) mass is 277 g/mol. The molecule has 0 aromatic heterocycles. The summed E-state index contributed by atoms with van der Waals surface area (Å²) in [7, 11) is 0. The molecule has 1 aliphatic rings. The highest BCUT2D eigenvalue weighted by Gasteiger charge is 2.10. The number of benzene rings is 1. The van der Waals surface area contributed by atoms with Gasteiger partial charge in [-0.2, -0.15) is 0 Å². The lowest BCUT2D eigenvalue weighted by molar-refractivity contribution is 0.237.